The number of pyridine rings is 1. The topological polar surface area (TPSA) is 85.6 Å². The zero-order valence-electron chi connectivity index (χ0n) is 14.2. The van der Waals surface area contributed by atoms with Crippen LogP contribution in [0.5, 0.6) is 5.75 Å². The summed E-state index contributed by atoms with van der Waals surface area (Å²) in [6, 6.07) is 12.0. The lowest BCUT2D eigenvalue weighted by atomic mass is 10.2. The summed E-state index contributed by atoms with van der Waals surface area (Å²) in [5.41, 5.74) is 2.31. The molecule has 0 saturated heterocycles. The first-order valence-corrected chi connectivity index (χ1v) is 9.36. The number of benzene rings is 1. The smallest absolute Gasteiger partial charge is 0.264 e. The first-order chi connectivity index (χ1) is 12.5. The lowest BCUT2D eigenvalue weighted by molar-refractivity contribution is 0.419. The number of nitrogens with one attached hydrogen (secondary N) is 1. The fraction of sp³-hybridized carbons (Fsp3) is 0.111. The van der Waals surface area contributed by atoms with Gasteiger partial charge in [0.1, 0.15) is 5.75 Å². The van der Waals surface area contributed by atoms with Crippen molar-refractivity contribution in [2.24, 2.45) is 0 Å². The molecule has 1 aromatic carbocycles. The van der Waals surface area contributed by atoms with Gasteiger partial charge in [0, 0.05) is 12.4 Å². The molecule has 0 aliphatic heterocycles. The van der Waals surface area contributed by atoms with E-state index in [0.29, 0.717) is 11.4 Å². The number of aryl methyl sites for hydroxylation is 1. The Hall–Kier alpha value is -3.13. The van der Waals surface area contributed by atoms with Crippen molar-refractivity contribution in [1.82, 2.24) is 14.4 Å². The number of rotatable bonds is 4. The van der Waals surface area contributed by atoms with Crippen molar-refractivity contribution < 1.29 is 13.2 Å². The Morgan fingerprint density at radius 3 is 2.50 bits per heavy atom. The van der Waals surface area contributed by atoms with Gasteiger partial charge in [0.2, 0.25) is 5.95 Å². The Morgan fingerprint density at radius 2 is 1.77 bits per heavy atom. The molecule has 0 spiro atoms. The number of fused-ring (bicyclic) bond motifs is 3. The number of hydrogen-bond donors (Lipinski definition) is 1. The SMILES string of the molecule is COc1ccnc2c1cc1ccnc(NS(=O)(=O)c3ccc(C)cc3)n12. The summed E-state index contributed by atoms with van der Waals surface area (Å²) in [4.78, 5) is 8.74. The summed E-state index contributed by atoms with van der Waals surface area (Å²) < 4.78 is 35.0. The Labute approximate surface area is 150 Å². The molecular formula is C18H16N4O3S. The van der Waals surface area contributed by atoms with E-state index in [9.17, 15) is 8.42 Å². The number of methoxy groups -OCH3 is 1. The average Bonchev–Trinajstić information content (AvgIpc) is 3.01. The average molecular weight is 368 g/mol. The molecule has 3 aromatic heterocycles. The van der Waals surface area contributed by atoms with Crippen molar-refractivity contribution in [2.75, 3.05) is 11.8 Å². The van der Waals surface area contributed by atoms with E-state index in [2.05, 4.69) is 14.7 Å². The van der Waals surface area contributed by atoms with Gasteiger partial charge in [-0.25, -0.2) is 23.1 Å². The van der Waals surface area contributed by atoms with Gasteiger partial charge >= 0.3 is 0 Å². The molecule has 0 radical (unpaired) electrons. The summed E-state index contributed by atoms with van der Waals surface area (Å²) in [6.45, 7) is 1.90. The Bertz CT molecular complexity index is 1210. The van der Waals surface area contributed by atoms with Crippen LogP contribution in [0.3, 0.4) is 0 Å². The minimum atomic E-state index is -3.78. The van der Waals surface area contributed by atoms with Crippen LogP contribution in [-0.2, 0) is 10.0 Å². The van der Waals surface area contributed by atoms with Crippen molar-refractivity contribution in [1.29, 1.82) is 0 Å². The molecule has 0 aliphatic carbocycles. The van der Waals surface area contributed by atoms with Crippen LogP contribution >= 0.6 is 0 Å². The summed E-state index contributed by atoms with van der Waals surface area (Å²) in [5.74, 6) is 0.824. The zero-order valence-corrected chi connectivity index (χ0v) is 15.0. The molecule has 0 atom stereocenters. The van der Waals surface area contributed by atoms with Crippen LogP contribution in [0.2, 0.25) is 0 Å². The molecule has 4 rings (SSSR count). The lowest BCUT2D eigenvalue weighted by Crippen LogP contribution is -2.16. The maximum Gasteiger partial charge on any atom is 0.264 e. The van der Waals surface area contributed by atoms with Gasteiger partial charge < -0.3 is 4.74 Å². The van der Waals surface area contributed by atoms with Gasteiger partial charge in [0.15, 0.2) is 5.65 Å². The number of nitrogens with zero attached hydrogens (tertiary/aromatic N) is 3. The summed E-state index contributed by atoms with van der Waals surface area (Å²) in [5, 5.41) is 0.777. The molecule has 0 aliphatic rings. The number of anilines is 1. The predicted molar refractivity (Wildman–Crippen MR) is 99.0 cm³/mol. The van der Waals surface area contributed by atoms with Gasteiger partial charge in [-0.15, -0.1) is 0 Å². The highest BCUT2D eigenvalue weighted by molar-refractivity contribution is 7.92. The zero-order chi connectivity index (χ0) is 18.3. The Morgan fingerprint density at radius 1 is 1.04 bits per heavy atom. The molecule has 26 heavy (non-hydrogen) atoms. The van der Waals surface area contributed by atoms with Crippen molar-refractivity contribution in [3.05, 3.63) is 60.4 Å². The summed E-state index contributed by atoms with van der Waals surface area (Å²) in [7, 11) is -2.20. The van der Waals surface area contributed by atoms with Gasteiger partial charge in [-0.05, 0) is 37.3 Å². The molecule has 4 aromatic rings. The Balaban J connectivity index is 1.88. The molecule has 7 nitrogen and oxygen atoms in total. The molecular weight excluding hydrogens is 352 g/mol. The third-order valence-electron chi connectivity index (χ3n) is 4.12. The highest BCUT2D eigenvalue weighted by Crippen LogP contribution is 2.29. The third-order valence-corrected chi connectivity index (χ3v) is 5.47. The number of hydrogen-bond acceptors (Lipinski definition) is 5. The van der Waals surface area contributed by atoms with Crippen LogP contribution in [0, 0.1) is 6.92 Å². The van der Waals surface area contributed by atoms with E-state index < -0.39 is 10.0 Å². The second-order valence-electron chi connectivity index (χ2n) is 5.84. The van der Waals surface area contributed by atoms with Gasteiger partial charge in [-0.2, -0.15) is 0 Å². The van der Waals surface area contributed by atoms with Gasteiger partial charge in [-0.3, -0.25) is 4.40 Å². The van der Waals surface area contributed by atoms with E-state index in [-0.39, 0.29) is 10.8 Å². The van der Waals surface area contributed by atoms with Crippen LogP contribution in [0.1, 0.15) is 5.56 Å². The molecule has 0 saturated carbocycles. The lowest BCUT2D eigenvalue weighted by Gasteiger charge is -2.10. The molecule has 8 heteroatoms. The maximum absolute atomic E-state index is 12.7. The molecule has 3 heterocycles. The summed E-state index contributed by atoms with van der Waals surface area (Å²) in [6.07, 6.45) is 3.16. The van der Waals surface area contributed by atoms with Gasteiger partial charge in [0.05, 0.1) is 22.9 Å². The molecule has 0 bridgehead atoms. The minimum Gasteiger partial charge on any atom is -0.496 e. The number of aromatic nitrogens is 3. The summed E-state index contributed by atoms with van der Waals surface area (Å²) >= 11 is 0. The number of ether oxygens (including phenoxy) is 1. The fourth-order valence-electron chi connectivity index (χ4n) is 2.83. The Kier molecular flexibility index (Phi) is 3.77. The van der Waals surface area contributed by atoms with E-state index >= 15 is 0 Å². The van der Waals surface area contributed by atoms with Crippen molar-refractivity contribution in [2.45, 2.75) is 11.8 Å². The monoisotopic (exact) mass is 368 g/mol. The predicted octanol–water partition coefficient (Wildman–Crippen LogP) is 3.00. The fourth-order valence-corrected chi connectivity index (χ4v) is 3.82. The largest absolute Gasteiger partial charge is 0.496 e. The molecule has 0 fully saturated rings. The van der Waals surface area contributed by atoms with Crippen molar-refractivity contribution in [3.63, 3.8) is 0 Å². The van der Waals surface area contributed by atoms with Crippen LogP contribution in [0.4, 0.5) is 5.95 Å². The van der Waals surface area contributed by atoms with E-state index in [4.69, 9.17) is 4.74 Å². The maximum atomic E-state index is 12.7. The second-order valence-corrected chi connectivity index (χ2v) is 7.52. The van der Waals surface area contributed by atoms with Crippen LogP contribution in [-0.4, -0.2) is 29.9 Å². The molecule has 132 valence electrons. The van der Waals surface area contributed by atoms with Crippen LogP contribution in [0.25, 0.3) is 16.6 Å². The van der Waals surface area contributed by atoms with Crippen LogP contribution < -0.4 is 9.46 Å². The first kappa shape index (κ1) is 16.3. The van der Waals surface area contributed by atoms with E-state index in [1.807, 2.05) is 13.0 Å². The quantitative estimate of drug-likeness (QED) is 0.598. The minimum absolute atomic E-state index is 0.166. The standard InChI is InChI=1S/C18H16N4O3S/c1-12-3-5-14(6-4-12)26(23,24)21-18-20-9-7-13-11-15-16(25-2)8-10-19-17(15)22(13)18/h3-11H,1-2H3,(H,20,21). The first-order valence-electron chi connectivity index (χ1n) is 7.88. The highest BCUT2D eigenvalue weighted by Gasteiger charge is 2.18. The second kappa shape index (κ2) is 5.99. The third kappa shape index (κ3) is 2.64. The molecule has 0 unspecified atom stereocenters. The highest BCUT2D eigenvalue weighted by atomic mass is 32.2. The van der Waals surface area contributed by atoms with E-state index in [1.165, 1.54) is 0 Å². The van der Waals surface area contributed by atoms with Gasteiger partial charge in [-0.1, -0.05) is 17.7 Å². The number of sulfonamides is 1. The molecule has 1 N–H and O–H groups in total. The normalized spacial score (nSPS) is 11.8. The van der Waals surface area contributed by atoms with Crippen molar-refractivity contribution >= 4 is 32.5 Å². The van der Waals surface area contributed by atoms with E-state index in [0.717, 1.165) is 16.5 Å². The van der Waals surface area contributed by atoms with Gasteiger partial charge in [0.25, 0.3) is 10.0 Å². The van der Waals surface area contributed by atoms with Crippen molar-refractivity contribution in [3.8, 4) is 5.75 Å². The molecule has 0 amide bonds. The van der Waals surface area contributed by atoms with E-state index in [1.54, 1.807) is 60.3 Å². The van der Waals surface area contributed by atoms with Crippen LogP contribution in [0.15, 0.2) is 59.8 Å².